The minimum Gasteiger partial charge on any atom is -0.497 e. The third-order valence-electron chi connectivity index (χ3n) is 5.33. The topological polar surface area (TPSA) is 77.4 Å². The SMILES string of the molecule is CCOC(=O)c1cccc(N=C2SC(=Cc3ccc(OCc4ccc(OC)cc4)cc3)C(=O)N2C)c1. The maximum atomic E-state index is 12.8. The second-order valence-electron chi connectivity index (χ2n) is 7.85. The van der Waals surface area contributed by atoms with Crippen LogP contribution in [0.1, 0.15) is 28.4 Å². The molecule has 184 valence electrons. The van der Waals surface area contributed by atoms with Crippen molar-refractivity contribution in [2.24, 2.45) is 4.99 Å². The number of amides is 1. The van der Waals surface area contributed by atoms with Crippen molar-refractivity contribution in [2.45, 2.75) is 13.5 Å². The van der Waals surface area contributed by atoms with Crippen molar-refractivity contribution in [1.29, 1.82) is 0 Å². The van der Waals surface area contributed by atoms with E-state index in [0.29, 0.717) is 34.5 Å². The molecule has 0 radical (unpaired) electrons. The van der Waals surface area contributed by atoms with Crippen molar-refractivity contribution in [2.75, 3.05) is 20.8 Å². The van der Waals surface area contributed by atoms with E-state index in [1.165, 1.54) is 16.7 Å². The van der Waals surface area contributed by atoms with Crippen molar-refractivity contribution < 1.29 is 23.8 Å². The largest absolute Gasteiger partial charge is 0.497 e. The predicted molar refractivity (Wildman–Crippen MR) is 142 cm³/mol. The van der Waals surface area contributed by atoms with Gasteiger partial charge in [0.1, 0.15) is 18.1 Å². The fourth-order valence-corrected chi connectivity index (χ4v) is 4.37. The van der Waals surface area contributed by atoms with E-state index in [4.69, 9.17) is 14.2 Å². The molecule has 0 aromatic heterocycles. The number of ether oxygens (including phenoxy) is 3. The number of methoxy groups -OCH3 is 1. The second kappa shape index (κ2) is 11.6. The van der Waals surface area contributed by atoms with Crippen LogP contribution in [0.4, 0.5) is 5.69 Å². The van der Waals surface area contributed by atoms with Gasteiger partial charge >= 0.3 is 5.97 Å². The van der Waals surface area contributed by atoms with Crippen LogP contribution >= 0.6 is 11.8 Å². The summed E-state index contributed by atoms with van der Waals surface area (Å²) in [5, 5.41) is 0.534. The molecular formula is C28H26N2O5S. The number of hydrogen-bond acceptors (Lipinski definition) is 7. The van der Waals surface area contributed by atoms with E-state index in [-0.39, 0.29) is 5.91 Å². The normalized spacial score (nSPS) is 15.4. The average molecular weight is 503 g/mol. The van der Waals surface area contributed by atoms with Crippen LogP contribution < -0.4 is 9.47 Å². The molecule has 0 saturated carbocycles. The zero-order valence-corrected chi connectivity index (χ0v) is 21.1. The van der Waals surface area contributed by atoms with Crippen LogP contribution in [0.3, 0.4) is 0 Å². The van der Waals surface area contributed by atoms with Crippen LogP contribution in [0.15, 0.2) is 82.7 Å². The number of carbonyl (C=O) groups is 2. The van der Waals surface area contributed by atoms with Gasteiger partial charge in [-0.2, -0.15) is 0 Å². The van der Waals surface area contributed by atoms with Gasteiger partial charge in [0.15, 0.2) is 5.17 Å². The number of hydrogen-bond donors (Lipinski definition) is 0. The predicted octanol–water partition coefficient (Wildman–Crippen LogP) is 5.68. The number of rotatable bonds is 8. The summed E-state index contributed by atoms with van der Waals surface area (Å²) in [4.78, 5) is 31.4. The Morgan fingerprint density at radius 3 is 2.44 bits per heavy atom. The molecule has 1 aliphatic rings. The third kappa shape index (κ3) is 6.14. The van der Waals surface area contributed by atoms with E-state index in [1.807, 2.05) is 54.6 Å². The van der Waals surface area contributed by atoms with Gasteiger partial charge in [-0.3, -0.25) is 9.69 Å². The van der Waals surface area contributed by atoms with Crippen LogP contribution in [0.5, 0.6) is 11.5 Å². The lowest BCUT2D eigenvalue weighted by Crippen LogP contribution is -2.23. The number of carbonyl (C=O) groups excluding carboxylic acids is 2. The molecule has 0 unspecified atom stereocenters. The minimum atomic E-state index is -0.403. The summed E-state index contributed by atoms with van der Waals surface area (Å²) in [5.74, 6) is 0.999. The average Bonchev–Trinajstić information content (AvgIpc) is 3.16. The summed E-state index contributed by atoms with van der Waals surface area (Å²) in [6.45, 7) is 2.50. The number of esters is 1. The van der Waals surface area contributed by atoms with Gasteiger partial charge in [-0.1, -0.05) is 30.3 Å². The second-order valence-corrected chi connectivity index (χ2v) is 8.85. The molecule has 1 saturated heterocycles. The maximum Gasteiger partial charge on any atom is 0.338 e. The van der Waals surface area contributed by atoms with E-state index in [9.17, 15) is 9.59 Å². The molecule has 0 aliphatic carbocycles. The van der Waals surface area contributed by atoms with Crippen LogP contribution in [0.2, 0.25) is 0 Å². The highest BCUT2D eigenvalue weighted by Crippen LogP contribution is 2.33. The first kappa shape index (κ1) is 25.1. The molecule has 4 rings (SSSR count). The fraction of sp³-hybridized carbons (Fsp3) is 0.179. The number of likely N-dealkylation sites (N-methyl/N-ethyl adjacent to an activating group) is 1. The molecule has 8 heteroatoms. The minimum absolute atomic E-state index is 0.139. The molecule has 0 bridgehead atoms. The van der Waals surface area contributed by atoms with E-state index in [1.54, 1.807) is 45.3 Å². The fourth-order valence-electron chi connectivity index (χ4n) is 3.38. The number of aliphatic imine (C=N–C) groups is 1. The number of benzene rings is 3. The molecule has 0 N–H and O–H groups in total. The van der Waals surface area contributed by atoms with Crippen molar-refractivity contribution in [3.63, 3.8) is 0 Å². The van der Waals surface area contributed by atoms with Gasteiger partial charge in [0.05, 0.1) is 29.9 Å². The van der Waals surface area contributed by atoms with E-state index < -0.39 is 5.97 Å². The molecule has 1 fully saturated rings. The van der Waals surface area contributed by atoms with Crippen molar-refractivity contribution in [3.05, 3.63) is 94.4 Å². The molecule has 36 heavy (non-hydrogen) atoms. The molecule has 1 heterocycles. The number of nitrogens with zero attached hydrogens (tertiary/aromatic N) is 2. The molecule has 1 aliphatic heterocycles. The number of amidine groups is 1. The van der Waals surface area contributed by atoms with E-state index in [0.717, 1.165) is 22.6 Å². The molecule has 0 atom stereocenters. The van der Waals surface area contributed by atoms with Gasteiger partial charge in [0.25, 0.3) is 5.91 Å². The van der Waals surface area contributed by atoms with Crippen molar-refractivity contribution in [1.82, 2.24) is 4.90 Å². The van der Waals surface area contributed by atoms with Gasteiger partial charge in [0.2, 0.25) is 0 Å². The van der Waals surface area contributed by atoms with E-state index in [2.05, 4.69) is 4.99 Å². The molecular weight excluding hydrogens is 476 g/mol. The summed E-state index contributed by atoms with van der Waals surface area (Å²) in [5.41, 5.74) is 2.90. The lowest BCUT2D eigenvalue weighted by molar-refractivity contribution is -0.121. The van der Waals surface area contributed by atoms with Crippen LogP contribution in [0, 0.1) is 0 Å². The maximum absolute atomic E-state index is 12.8. The van der Waals surface area contributed by atoms with Gasteiger partial charge < -0.3 is 14.2 Å². The Hall–Kier alpha value is -4.04. The van der Waals surface area contributed by atoms with Crippen LogP contribution in [0.25, 0.3) is 6.08 Å². The first-order valence-electron chi connectivity index (χ1n) is 11.4. The Bertz CT molecular complexity index is 1300. The van der Waals surface area contributed by atoms with Crippen molar-refractivity contribution >= 4 is 40.6 Å². The molecule has 3 aromatic carbocycles. The molecule has 3 aromatic rings. The Morgan fingerprint density at radius 1 is 1.03 bits per heavy atom. The summed E-state index contributed by atoms with van der Waals surface area (Å²) in [7, 11) is 3.32. The van der Waals surface area contributed by atoms with E-state index >= 15 is 0 Å². The Morgan fingerprint density at radius 2 is 1.75 bits per heavy atom. The van der Waals surface area contributed by atoms with Crippen LogP contribution in [-0.2, 0) is 16.1 Å². The van der Waals surface area contributed by atoms with Gasteiger partial charge in [-0.05, 0) is 78.4 Å². The van der Waals surface area contributed by atoms with Gasteiger partial charge in [0, 0.05) is 7.05 Å². The zero-order valence-electron chi connectivity index (χ0n) is 20.3. The monoisotopic (exact) mass is 502 g/mol. The Kier molecular flexibility index (Phi) is 8.07. The lowest BCUT2D eigenvalue weighted by Gasteiger charge is -2.08. The van der Waals surface area contributed by atoms with Crippen molar-refractivity contribution in [3.8, 4) is 11.5 Å². The molecule has 1 amide bonds. The summed E-state index contributed by atoms with van der Waals surface area (Å²) < 4.78 is 16.1. The lowest BCUT2D eigenvalue weighted by atomic mass is 10.2. The Balaban J connectivity index is 1.42. The summed E-state index contributed by atoms with van der Waals surface area (Å²) >= 11 is 1.29. The van der Waals surface area contributed by atoms with Crippen LogP contribution in [-0.4, -0.2) is 42.7 Å². The zero-order chi connectivity index (χ0) is 25.5. The van der Waals surface area contributed by atoms with Gasteiger partial charge in [-0.15, -0.1) is 0 Å². The van der Waals surface area contributed by atoms with Gasteiger partial charge in [-0.25, -0.2) is 9.79 Å². The first-order chi connectivity index (χ1) is 17.5. The first-order valence-corrected chi connectivity index (χ1v) is 12.2. The summed E-state index contributed by atoms with van der Waals surface area (Å²) in [6, 6.07) is 22.1. The highest BCUT2D eigenvalue weighted by Gasteiger charge is 2.30. The molecule has 0 spiro atoms. The number of thioether (sulfide) groups is 1. The smallest absolute Gasteiger partial charge is 0.338 e. The third-order valence-corrected chi connectivity index (χ3v) is 6.39. The quantitative estimate of drug-likeness (QED) is 0.291. The summed E-state index contributed by atoms with van der Waals surface area (Å²) in [6.07, 6.45) is 1.83. The highest BCUT2D eigenvalue weighted by molar-refractivity contribution is 8.18. The molecule has 7 nitrogen and oxygen atoms in total. The Labute approximate surface area is 214 Å². The standard InChI is InChI=1S/C28H26N2O5S/c1-4-34-27(32)21-6-5-7-22(17-21)29-28-30(2)26(31)25(36-28)16-19-8-14-24(15-9-19)35-18-20-10-12-23(33-3)13-11-20/h5-17H,4,18H2,1-3H3. The highest BCUT2D eigenvalue weighted by atomic mass is 32.2.